The summed E-state index contributed by atoms with van der Waals surface area (Å²) in [6.45, 7) is 3.95. The van der Waals surface area contributed by atoms with E-state index in [1.54, 1.807) is 0 Å². The third kappa shape index (κ3) is 5.64. The van der Waals surface area contributed by atoms with Crippen molar-refractivity contribution in [3.8, 4) is 0 Å². The first kappa shape index (κ1) is 17.2. The van der Waals surface area contributed by atoms with Crippen LogP contribution < -0.4 is 0 Å². The van der Waals surface area contributed by atoms with Gasteiger partial charge >= 0.3 is 0 Å². The lowest BCUT2D eigenvalue weighted by Gasteiger charge is -2.25. The van der Waals surface area contributed by atoms with Gasteiger partial charge in [-0.1, -0.05) is 34.8 Å². The van der Waals surface area contributed by atoms with E-state index in [1.807, 2.05) is 26.0 Å². The Labute approximate surface area is 141 Å². The van der Waals surface area contributed by atoms with Crippen molar-refractivity contribution in [2.45, 2.75) is 34.3 Å². The van der Waals surface area contributed by atoms with Crippen LogP contribution >= 0.6 is 73.9 Å². The Hall–Kier alpha value is 1.15. The van der Waals surface area contributed by atoms with Crippen LogP contribution in [-0.4, -0.2) is 7.58 Å². The monoisotopic (exact) mass is 410 g/mol. The molecule has 0 atom stereocenters. The van der Waals surface area contributed by atoms with Crippen LogP contribution in [-0.2, 0) is 6.42 Å². The summed E-state index contributed by atoms with van der Waals surface area (Å²) in [7, 11) is 0. The van der Waals surface area contributed by atoms with Gasteiger partial charge in [-0.25, -0.2) is 0 Å². The van der Waals surface area contributed by atoms with Crippen molar-refractivity contribution in [3.63, 3.8) is 0 Å². The third-order valence-electron chi connectivity index (χ3n) is 2.56. The first-order valence-electron chi connectivity index (χ1n) is 5.20. The lowest BCUT2D eigenvalue weighted by molar-refractivity contribution is 0.705. The van der Waals surface area contributed by atoms with E-state index < -0.39 is 7.58 Å². The van der Waals surface area contributed by atoms with Crippen molar-refractivity contribution in [2.75, 3.05) is 0 Å². The molecule has 0 spiro atoms. The number of hydrogen-bond donors (Lipinski definition) is 0. The molecule has 0 amide bonds. The average molecular weight is 413 g/mol. The van der Waals surface area contributed by atoms with Crippen molar-refractivity contribution >= 4 is 73.9 Å². The summed E-state index contributed by atoms with van der Waals surface area (Å²) in [6.07, 6.45) is 0.658. The highest BCUT2D eigenvalue weighted by Gasteiger charge is 2.35. The molecule has 1 aromatic carbocycles. The molecule has 0 saturated carbocycles. The van der Waals surface area contributed by atoms with Crippen LogP contribution in [0.1, 0.15) is 23.1 Å². The van der Waals surface area contributed by atoms with E-state index in [0.717, 1.165) is 16.7 Å². The summed E-state index contributed by atoms with van der Waals surface area (Å²) in [5.41, 5.74) is 3.17. The van der Waals surface area contributed by atoms with Crippen LogP contribution in [0.4, 0.5) is 0 Å². The van der Waals surface area contributed by atoms with Gasteiger partial charge in [0.15, 0.2) is 3.24 Å². The molecule has 0 unspecified atom stereocenters. The summed E-state index contributed by atoms with van der Waals surface area (Å²) in [4.78, 5) is 0. The Morgan fingerprint density at radius 2 is 1.50 bits per heavy atom. The molecule has 0 N–H and O–H groups in total. The average Bonchev–Trinajstić information content (AvgIpc) is 2.07. The molecule has 0 bridgehead atoms. The molecule has 0 fully saturated rings. The largest absolute Gasteiger partial charge is 0.175 e. The summed E-state index contributed by atoms with van der Waals surface area (Å²) in [5, 5.41) is 0.702. The maximum Gasteiger partial charge on any atom is 0.175 e. The molecule has 0 aromatic heterocycles. The van der Waals surface area contributed by atoms with E-state index in [1.165, 1.54) is 0 Å². The van der Waals surface area contributed by atoms with Gasteiger partial charge in [0.1, 0.15) is 4.33 Å². The Bertz CT molecular complexity index is 414. The number of aryl methyl sites for hydroxylation is 2. The number of halogens is 6. The molecule has 0 heterocycles. The second-order valence-corrected chi connectivity index (χ2v) is 10.2. The first-order valence-corrected chi connectivity index (χ1v) is 7.89. The van der Waals surface area contributed by atoms with Gasteiger partial charge in [-0.3, -0.25) is 0 Å². The Morgan fingerprint density at radius 3 is 1.89 bits per heavy atom. The Balaban J connectivity index is 2.97. The standard InChI is InChI=1S/C12H12BrCl5/c1-7-3-9(14)4-8(2)10(7)5-11(15,16)6-12(13,17)18/h3-4H,5-6H2,1-2H3. The van der Waals surface area contributed by atoms with Crippen molar-refractivity contribution in [3.05, 3.63) is 33.8 Å². The van der Waals surface area contributed by atoms with Crippen LogP contribution in [0.25, 0.3) is 0 Å². The van der Waals surface area contributed by atoms with E-state index in [9.17, 15) is 0 Å². The van der Waals surface area contributed by atoms with Crippen molar-refractivity contribution in [1.82, 2.24) is 0 Å². The topological polar surface area (TPSA) is 0 Å². The molecule has 0 nitrogen and oxygen atoms in total. The zero-order valence-electron chi connectivity index (χ0n) is 9.84. The van der Waals surface area contributed by atoms with Gasteiger partial charge in [0, 0.05) is 17.9 Å². The summed E-state index contributed by atoms with van der Waals surface area (Å²) in [5.74, 6) is 0. The van der Waals surface area contributed by atoms with Crippen molar-refractivity contribution in [2.24, 2.45) is 0 Å². The highest BCUT2D eigenvalue weighted by atomic mass is 79.9. The van der Waals surface area contributed by atoms with Crippen LogP contribution in [0.5, 0.6) is 0 Å². The predicted octanol–water partition coefficient (Wildman–Crippen LogP) is 6.59. The van der Waals surface area contributed by atoms with Gasteiger partial charge in [-0.05, 0) is 58.6 Å². The molecule has 6 heteroatoms. The summed E-state index contributed by atoms with van der Waals surface area (Å²) < 4.78 is -2.18. The van der Waals surface area contributed by atoms with Gasteiger partial charge in [0.05, 0.1) is 0 Å². The molecule has 0 saturated heterocycles. The third-order valence-corrected chi connectivity index (χ3v) is 3.86. The highest BCUT2D eigenvalue weighted by molar-refractivity contribution is 9.11. The summed E-state index contributed by atoms with van der Waals surface area (Å²) >= 11 is 33.4. The SMILES string of the molecule is Cc1cc(Cl)cc(C)c1CC(Cl)(Cl)CC(Cl)(Cl)Br. The van der Waals surface area contributed by atoms with Crippen LogP contribution in [0.15, 0.2) is 12.1 Å². The second-order valence-electron chi connectivity index (χ2n) is 4.34. The molecule has 0 aliphatic rings. The smallest absolute Gasteiger partial charge is 0.101 e. The number of benzene rings is 1. The van der Waals surface area contributed by atoms with E-state index in [-0.39, 0.29) is 6.42 Å². The van der Waals surface area contributed by atoms with E-state index in [2.05, 4.69) is 15.9 Å². The van der Waals surface area contributed by atoms with Crippen molar-refractivity contribution in [1.29, 1.82) is 0 Å². The fraction of sp³-hybridized carbons (Fsp3) is 0.500. The maximum atomic E-state index is 6.27. The highest BCUT2D eigenvalue weighted by Crippen LogP contribution is 2.44. The molecule has 18 heavy (non-hydrogen) atoms. The number of hydrogen-bond acceptors (Lipinski definition) is 0. The zero-order chi connectivity index (χ0) is 14.1. The lowest BCUT2D eigenvalue weighted by Crippen LogP contribution is -2.24. The van der Waals surface area contributed by atoms with Crippen molar-refractivity contribution < 1.29 is 0 Å². The minimum Gasteiger partial charge on any atom is -0.101 e. The predicted molar refractivity (Wildman–Crippen MR) is 87.0 cm³/mol. The molecule has 0 radical (unpaired) electrons. The van der Waals surface area contributed by atoms with E-state index in [4.69, 9.17) is 58.0 Å². The second kappa shape index (κ2) is 6.28. The quantitative estimate of drug-likeness (QED) is 0.489. The molecule has 1 rings (SSSR count). The molecule has 1 aromatic rings. The van der Waals surface area contributed by atoms with Gasteiger partial charge in [0.25, 0.3) is 0 Å². The van der Waals surface area contributed by atoms with Crippen LogP contribution in [0.2, 0.25) is 5.02 Å². The normalized spacial score (nSPS) is 12.9. The van der Waals surface area contributed by atoms with Gasteiger partial charge in [0.2, 0.25) is 0 Å². The molecule has 0 aliphatic heterocycles. The molecular formula is C12H12BrCl5. The minimum absolute atomic E-state index is 0.202. The lowest BCUT2D eigenvalue weighted by atomic mass is 9.97. The zero-order valence-corrected chi connectivity index (χ0v) is 15.2. The summed E-state index contributed by atoms with van der Waals surface area (Å²) in [6, 6.07) is 3.77. The molecule has 102 valence electrons. The molecular weight excluding hydrogens is 401 g/mol. The number of rotatable bonds is 4. The van der Waals surface area contributed by atoms with E-state index in [0.29, 0.717) is 11.4 Å². The first-order chi connectivity index (χ1) is 8.00. The fourth-order valence-corrected chi connectivity index (χ4v) is 4.36. The van der Waals surface area contributed by atoms with Gasteiger partial charge < -0.3 is 0 Å². The number of alkyl halides is 5. The van der Waals surface area contributed by atoms with Gasteiger partial charge in [-0.15, -0.1) is 23.2 Å². The van der Waals surface area contributed by atoms with Crippen LogP contribution in [0.3, 0.4) is 0 Å². The minimum atomic E-state index is -1.13. The Morgan fingerprint density at radius 1 is 1.06 bits per heavy atom. The molecule has 0 aliphatic carbocycles. The van der Waals surface area contributed by atoms with Gasteiger partial charge in [-0.2, -0.15) is 0 Å². The Kier molecular flexibility index (Phi) is 6.00. The van der Waals surface area contributed by atoms with Crippen LogP contribution in [0, 0.1) is 13.8 Å². The maximum absolute atomic E-state index is 6.27. The fourth-order valence-electron chi connectivity index (χ4n) is 1.83. The van der Waals surface area contributed by atoms with E-state index >= 15 is 0 Å².